The zero-order valence-corrected chi connectivity index (χ0v) is 16.9. The maximum Gasteiger partial charge on any atom is 0.268 e. The van der Waals surface area contributed by atoms with Crippen LogP contribution >= 0.6 is 23.2 Å². The van der Waals surface area contributed by atoms with Crippen molar-refractivity contribution < 1.29 is 18.7 Å². The van der Waals surface area contributed by atoms with Crippen LogP contribution < -0.4 is 15.6 Å². The lowest BCUT2D eigenvalue weighted by Crippen LogP contribution is -2.17. The van der Waals surface area contributed by atoms with Gasteiger partial charge in [-0.2, -0.15) is 0 Å². The molecule has 10 heteroatoms. The predicted octanol–water partition coefficient (Wildman–Crippen LogP) is 3.98. The number of carbonyl (C=O) groups excluding carboxylic acids is 1. The van der Waals surface area contributed by atoms with E-state index in [0.29, 0.717) is 24.2 Å². The fraction of sp³-hybridized carbons (Fsp3) is 0.316. The number of amides is 1. The lowest BCUT2D eigenvalue weighted by molar-refractivity contribution is 0.0810. The number of ether oxygens (including phenoxy) is 2. The van der Waals surface area contributed by atoms with Crippen molar-refractivity contribution in [3.8, 4) is 5.88 Å². The molecule has 0 unspecified atom stereocenters. The number of aromatic nitrogens is 2. The average molecular weight is 438 g/mol. The van der Waals surface area contributed by atoms with Crippen molar-refractivity contribution in [2.75, 3.05) is 25.6 Å². The number of pyridine rings is 2. The van der Waals surface area contributed by atoms with Crippen molar-refractivity contribution in [1.29, 1.82) is 0 Å². The minimum Gasteiger partial charge on any atom is -0.478 e. The molecule has 152 valence electrons. The zero-order valence-electron chi connectivity index (χ0n) is 15.4. The van der Waals surface area contributed by atoms with E-state index in [1.165, 1.54) is 19.5 Å². The van der Waals surface area contributed by atoms with Gasteiger partial charge in [-0.1, -0.05) is 23.2 Å². The molecule has 1 saturated heterocycles. The summed E-state index contributed by atoms with van der Waals surface area (Å²) < 4.78 is 16.7. The summed E-state index contributed by atoms with van der Waals surface area (Å²) in [6, 6.07) is 1.82. The molecule has 1 aliphatic rings. The standard InChI is InChI=1S/C19H17Cl2N3O5/c1-27-19-16-10(6-13(29-16)9-2-4-28-5-3-9)11(7-23-19)17(25)24-15-12(20)8-22-18(26)14(15)21/h6-9H,2-5H2,1H3,(H2,22,24,25,26). The smallest absolute Gasteiger partial charge is 0.268 e. The Bertz CT molecular complexity index is 1130. The van der Waals surface area contributed by atoms with Crippen LogP contribution in [0, 0.1) is 0 Å². The Hall–Kier alpha value is -2.55. The molecule has 8 nitrogen and oxygen atoms in total. The van der Waals surface area contributed by atoms with E-state index in [-0.39, 0.29) is 33.1 Å². The van der Waals surface area contributed by atoms with E-state index in [0.717, 1.165) is 18.6 Å². The van der Waals surface area contributed by atoms with Crippen molar-refractivity contribution in [3.63, 3.8) is 0 Å². The third kappa shape index (κ3) is 3.71. The molecule has 4 rings (SSSR count). The molecular formula is C19H17Cl2N3O5. The number of anilines is 1. The maximum atomic E-state index is 12.9. The molecule has 0 spiro atoms. The topological polar surface area (TPSA) is 106 Å². The van der Waals surface area contributed by atoms with Gasteiger partial charge in [0.1, 0.15) is 10.8 Å². The Kier molecular flexibility index (Phi) is 5.49. The fourth-order valence-electron chi connectivity index (χ4n) is 3.31. The molecule has 1 amide bonds. The Labute approximate surface area is 175 Å². The summed E-state index contributed by atoms with van der Waals surface area (Å²) in [4.78, 5) is 31.2. The third-order valence-corrected chi connectivity index (χ3v) is 5.49. The minimum atomic E-state index is -0.561. The van der Waals surface area contributed by atoms with Crippen molar-refractivity contribution in [3.05, 3.63) is 50.2 Å². The highest BCUT2D eigenvalue weighted by molar-refractivity contribution is 6.39. The Morgan fingerprint density at radius 2 is 2.10 bits per heavy atom. The van der Waals surface area contributed by atoms with E-state index in [1.54, 1.807) is 0 Å². The average Bonchev–Trinajstić information content (AvgIpc) is 3.19. The van der Waals surface area contributed by atoms with E-state index in [1.807, 2.05) is 6.07 Å². The highest BCUT2D eigenvalue weighted by Crippen LogP contribution is 2.36. The van der Waals surface area contributed by atoms with Gasteiger partial charge in [-0.05, 0) is 18.9 Å². The van der Waals surface area contributed by atoms with Crippen molar-refractivity contribution in [2.24, 2.45) is 0 Å². The van der Waals surface area contributed by atoms with Crippen LogP contribution in [0.4, 0.5) is 5.69 Å². The quantitative estimate of drug-likeness (QED) is 0.639. The van der Waals surface area contributed by atoms with Crippen LogP contribution in [0.5, 0.6) is 5.88 Å². The van der Waals surface area contributed by atoms with Crippen molar-refractivity contribution in [1.82, 2.24) is 9.97 Å². The number of hydrogen-bond donors (Lipinski definition) is 2. The van der Waals surface area contributed by atoms with E-state index >= 15 is 0 Å². The summed E-state index contributed by atoms with van der Waals surface area (Å²) in [5.41, 5.74) is 0.0914. The molecule has 0 radical (unpaired) electrons. The molecule has 0 aliphatic carbocycles. The molecule has 3 aromatic rings. The second-order valence-corrected chi connectivity index (χ2v) is 7.35. The van der Waals surface area contributed by atoms with Crippen LogP contribution in [0.3, 0.4) is 0 Å². The van der Waals surface area contributed by atoms with Gasteiger partial charge in [0.25, 0.3) is 17.3 Å². The second kappa shape index (κ2) is 8.06. The lowest BCUT2D eigenvalue weighted by Gasteiger charge is -2.19. The molecule has 29 heavy (non-hydrogen) atoms. The number of aromatic amines is 1. The number of methoxy groups -OCH3 is 1. The van der Waals surface area contributed by atoms with Crippen molar-refractivity contribution in [2.45, 2.75) is 18.8 Å². The van der Waals surface area contributed by atoms with Gasteiger partial charge in [0, 0.05) is 36.9 Å². The highest BCUT2D eigenvalue weighted by Gasteiger charge is 2.25. The number of hydrogen-bond acceptors (Lipinski definition) is 6. The molecule has 0 bridgehead atoms. The van der Waals surface area contributed by atoms with Crippen LogP contribution in [0.25, 0.3) is 11.0 Å². The molecule has 4 heterocycles. The summed E-state index contributed by atoms with van der Waals surface area (Å²) in [6.07, 6.45) is 4.30. The molecule has 0 aromatic carbocycles. The van der Waals surface area contributed by atoms with Crippen LogP contribution in [-0.2, 0) is 4.74 Å². The van der Waals surface area contributed by atoms with Crippen LogP contribution in [0.1, 0.15) is 34.9 Å². The van der Waals surface area contributed by atoms with Crippen molar-refractivity contribution >= 4 is 45.8 Å². The first-order valence-corrected chi connectivity index (χ1v) is 9.67. The molecule has 0 atom stereocenters. The van der Waals surface area contributed by atoms with Gasteiger partial charge in [-0.3, -0.25) is 9.59 Å². The maximum absolute atomic E-state index is 12.9. The minimum absolute atomic E-state index is 0.0270. The van der Waals surface area contributed by atoms with Crippen LogP contribution in [0.15, 0.2) is 27.7 Å². The van der Waals surface area contributed by atoms with Crippen LogP contribution in [-0.4, -0.2) is 36.2 Å². The summed E-state index contributed by atoms with van der Waals surface area (Å²) in [5, 5.41) is 3.04. The van der Waals surface area contributed by atoms with Gasteiger partial charge >= 0.3 is 0 Å². The highest BCUT2D eigenvalue weighted by atomic mass is 35.5. The number of H-pyrrole nitrogens is 1. The van der Waals surface area contributed by atoms with Gasteiger partial charge < -0.3 is 24.2 Å². The van der Waals surface area contributed by atoms with E-state index in [2.05, 4.69) is 15.3 Å². The van der Waals surface area contributed by atoms with Gasteiger partial charge in [-0.25, -0.2) is 4.98 Å². The lowest BCUT2D eigenvalue weighted by atomic mass is 9.97. The molecular weight excluding hydrogens is 421 g/mol. The van der Waals surface area contributed by atoms with Gasteiger partial charge in [0.2, 0.25) is 0 Å². The largest absolute Gasteiger partial charge is 0.478 e. The first-order chi connectivity index (χ1) is 14.0. The Morgan fingerprint density at radius 3 is 2.83 bits per heavy atom. The first-order valence-electron chi connectivity index (χ1n) is 8.91. The number of halogens is 2. The number of nitrogens with zero attached hydrogens (tertiary/aromatic N) is 1. The summed E-state index contributed by atoms with van der Waals surface area (Å²) >= 11 is 12.1. The van der Waals surface area contributed by atoms with Gasteiger partial charge in [0.05, 0.1) is 23.4 Å². The normalized spacial score (nSPS) is 14.9. The number of nitrogens with one attached hydrogen (secondary N) is 2. The van der Waals surface area contributed by atoms with Gasteiger partial charge in [0.15, 0.2) is 5.58 Å². The molecule has 1 aliphatic heterocycles. The number of furan rings is 1. The Balaban J connectivity index is 1.75. The second-order valence-electron chi connectivity index (χ2n) is 6.57. The number of fused-ring (bicyclic) bond motifs is 1. The summed E-state index contributed by atoms with van der Waals surface area (Å²) in [5.74, 6) is 0.685. The van der Waals surface area contributed by atoms with Crippen LogP contribution in [0.2, 0.25) is 10.0 Å². The third-order valence-electron chi connectivity index (χ3n) is 4.83. The zero-order chi connectivity index (χ0) is 20.5. The van der Waals surface area contributed by atoms with Gasteiger partial charge in [-0.15, -0.1) is 0 Å². The number of carbonyl (C=O) groups is 1. The molecule has 2 N–H and O–H groups in total. The monoisotopic (exact) mass is 437 g/mol. The summed E-state index contributed by atoms with van der Waals surface area (Å²) in [6.45, 7) is 1.31. The van der Waals surface area contributed by atoms with E-state index < -0.39 is 11.5 Å². The fourth-order valence-corrected chi connectivity index (χ4v) is 3.76. The molecule has 0 saturated carbocycles. The SMILES string of the molecule is COc1ncc(C(=O)Nc2c(Cl)c[nH]c(=O)c2Cl)c2cc(C3CCOCC3)oc12. The molecule has 1 fully saturated rings. The Morgan fingerprint density at radius 1 is 1.34 bits per heavy atom. The van der Waals surface area contributed by atoms with E-state index in [9.17, 15) is 9.59 Å². The summed E-state index contributed by atoms with van der Waals surface area (Å²) in [7, 11) is 1.48. The van der Waals surface area contributed by atoms with E-state index in [4.69, 9.17) is 37.1 Å². The molecule has 3 aromatic heterocycles. The predicted molar refractivity (Wildman–Crippen MR) is 108 cm³/mol. The first kappa shape index (κ1) is 19.8. The number of rotatable bonds is 4.